The van der Waals surface area contributed by atoms with E-state index in [0.29, 0.717) is 5.75 Å². The summed E-state index contributed by atoms with van der Waals surface area (Å²) in [4.78, 5) is 14.5. The van der Waals surface area contributed by atoms with Gasteiger partial charge in [0.2, 0.25) is 0 Å². The lowest BCUT2D eigenvalue weighted by Crippen LogP contribution is -2.36. The molecule has 1 N–H and O–H groups in total. The summed E-state index contributed by atoms with van der Waals surface area (Å²) in [6, 6.07) is 13.7. The number of anilines is 2. The Morgan fingerprint density at radius 3 is 2.43 bits per heavy atom. The lowest BCUT2D eigenvalue weighted by molar-refractivity contribution is -0.118. The van der Waals surface area contributed by atoms with E-state index < -0.39 is 0 Å². The molecule has 0 atom stereocenters. The molecule has 0 bridgehead atoms. The lowest BCUT2D eigenvalue weighted by Gasteiger charge is -2.29. The van der Waals surface area contributed by atoms with Crippen LogP contribution in [0.25, 0.3) is 0 Å². The van der Waals surface area contributed by atoms with Crippen LogP contribution in [0.15, 0.2) is 46.9 Å². The molecule has 1 heterocycles. The van der Waals surface area contributed by atoms with Crippen LogP contribution < -0.4 is 15.0 Å². The number of hydrogen-bond acceptors (Lipinski definition) is 4. The molecular weight excluding hydrogens is 420 g/mol. The maximum Gasteiger partial charge on any atom is 0.262 e. The third-order valence-corrected chi connectivity index (χ3v) is 5.31. The van der Waals surface area contributed by atoms with Gasteiger partial charge in [-0.15, -0.1) is 0 Å². The third kappa shape index (κ3) is 5.49. The van der Waals surface area contributed by atoms with Gasteiger partial charge in [0.25, 0.3) is 5.91 Å². The second-order valence-electron chi connectivity index (χ2n) is 7.88. The summed E-state index contributed by atoms with van der Waals surface area (Å²) in [5.74, 6) is 0.498. The van der Waals surface area contributed by atoms with Gasteiger partial charge in [0.15, 0.2) is 6.61 Å². The molecule has 2 aromatic carbocycles. The standard InChI is InChI=1S/C22H27BrN2O3/c1-22(2,3)16-4-7-18(8-5-16)28-15-21(26)24-17-6-9-20(19(23)14-17)25-10-12-27-13-11-25/h4-9,14H,10-13,15H2,1-3H3,(H,24,26). The van der Waals surface area contributed by atoms with Gasteiger partial charge in [0.05, 0.1) is 18.9 Å². The summed E-state index contributed by atoms with van der Waals surface area (Å²) in [5, 5.41) is 2.88. The van der Waals surface area contributed by atoms with E-state index in [1.54, 1.807) is 0 Å². The van der Waals surface area contributed by atoms with Gasteiger partial charge in [0, 0.05) is 23.2 Å². The molecule has 1 saturated heterocycles. The van der Waals surface area contributed by atoms with E-state index in [0.717, 1.165) is 42.2 Å². The Bertz CT molecular complexity index is 810. The van der Waals surface area contributed by atoms with E-state index in [1.165, 1.54) is 5.56 Å². The third-order valence-electron chi connectivity index (χ3n) is 4.67. The van der Waals surface area contributed by atoms with Crippen LogP contribution in [0.1, 0.15) is 26.3 Å². The number of carbonyl (C=O) groups is 1. The van der Waals surface area contributed by atoms with Crippen LogP contribution in [-0.4, -0.2) is 38.8 Å². The molecule has 0 aliphatic carbocycles. The maximum atomic E-state index is 12.2. The SMILES string of the molecule is CC(C)(C)c1ccc(OCC(=O)Nc2ccc(N3CCOCC3)c(Br)c2)cc1. The predicted molar refractivity (Wildman–Crippen MR) is 116 cm³/mol. The molecule has 0 saturated carbocycles. The molecule has 1 aliphatic rings. The van der Waals surface area contributed by atoms with Gasteiger partial charge in [-0.25, -0.2) is 0 Å². The van der Waals surface area contributed by atoms with Gasteiger partial charge in [-0.1, -0.05) is 32.9 Å². The van der Waals surface area contributed by atoms with Gasteiger partial charge in [-0.3, -0.25) is 4.79 Å². The Labute approximate surface area is 175 Å². The Morgan fingerprint density at radius 1 is 1.14 bits per heavy atom. The first-order valence-corrected chi connectivity index (χ1v) is 10.3. The van der Waals surface area contributed by atoms with E-state index in [4.69, 9.17) is 9.47 Å². The van der Waals surface area contributed by atoms with Crippen LogP contribution in [0.5, 0.6) is 5.75 Å². The Kier molecular flexibility index (Phi) is 6.62. The van der Waals surface area contributed by atoms with E-state index in [1.807, 2.05) is 42.5 Å². The first kappa shape index (κ1) is 20.7. The fourth-order valence-corrected chi connectivity index (χ4v) is 3.67. The second-order valence-corrected chi connectivity index (χ2v) is 8.73. The minimum absolute atomic E-state index is 0.0301. The quantitative estimate of drug-likeness (QED) is 0.728. The fourth-order valence-electron chi connectivity index (χ4n) is 3.04. The maximum absolute atomic E-state index is 12.2. The molecular formula is C22H27BrN2O3. The lowest BCUT2D eigenvalue weighted by atomic mass is 9.87. The van der Waals surface area contributed by atoms with Crippen molar-refractivity contribution in [1.29, 1.82) is 0 Å². The number of nitrogens with zero attached hydrogens (tertiary/aromatic N) is 1. The summed E-state index contributed by atoms with van der Waals surface area (Å²) in [6.07, 6.45) is 0. The van der Waals surface area contributed by atoms with Crippen molar-refractivity contribution in [2.75, 3.05) is 43.1 Å². The van der Waals surface area contributed by atoms with Crippen LogP contribution in [-0.2, 0) is 14.9 Å². The monoisotopic (exact) mass is 446 g/mol. The van der Waals surface area contributed by atoms with Gasteiger partial charge in [0.1, 0.15) is 5.75 Å². The average molecular weight is 447 g/mol. The first-order valence-electron chi connectivity index (χ1n) is 9.48. The largest absolute Gasteiger partial charge is 0.484 e. The molecule has 0 unspecified atom stereocenters. The highest BCUT2D eigenvalue weighted by Gasteiger charge is 2.15. The number of benzene rings is 2. The molecule has 1 amide bonds. The molecule has 3 rings (SSSR count). The zero-order valence-corrected chi connectivity index (χ0v) is 18.2. The summed E-state index contributed by atoms with van der Waals surface area (Å²) >= 11 is 3.61. The topological polar surface area (TPSA) is 50.8 Å². The van der Waals surface area contributed by atoms with Crippen molar-refractivity contribution < 1.29 is 14.3 Å². The molecule has 6 heteroatoms. The van der Waals surface area contributed by atoms with Crippen LogP contribution in [0.3, 0.4) is 0 Å². The van der Waals surface area contributed by atoms with Crippen molar-refractivity contribution in [3.63, 3.8) is 0 Å². The minimum atomic E-state index is -0.189. The van der Waals surface area contributed by atoms with Gasteiger partial charge < -0.3 is 19.7 Å². The summed E-state index contributed by atoms with van der Waals surface area (Å²) in [7, 11) is 0. The second kappa shape index (κ2) is 8.97. The molecule has 1 fully saturated rings. The van der Waals surface area contributed by atoms with Gasteiger partial charge in [-0.05, 0) is 57.2 Å². The number of amides is 1. The highest BCUT2D eigenvalue weighted by atomic mass is 79.9. The molecule has 0 spiro atoms. The van der Waals surface area contributed by atoms with Gasteiger partial charge in [-0.2, -0.15) is 0 Å². The molecule has 150 valence electrons. The van der Waals surface area contributed by atoms with Crippen molar-refractivity contribution in [2.45, 2.75) is 26.2 Å². The summed E-state index contributed by atoms with van der Waals surface area (Å²) in [5.41, 5.74) is 3.17. The van der Waals surface area contributed by atoms with Crippen molar-refractivity contribution in [2.24, 2.45) is 0 Å². The Hall–Kier alpha value is -2.05. The van der Waals surface area contributed by atoms with E-state index in [2.05, 4.69) is 46.9 Å². The molecule has 0 aromatic heterocycles. The van der Waals surface area contributed by atoms with Crippen molar-refractivity contribution >= 4 is 33.2 Å². The number of hydrogen-bond donors (Lipinski definition) is 1. The molecule has 5 nitrogen and oxygen atoms in total. The normalized spacial score (nSPS) is 14.6. The number of rotatable bonds is 5. The van der Waals surface area contributed by atoms with E-state index >= 15 is 0 Å². The zero-order valence-electron chi connectivity index (χ0n) is 16.6. The van der Waals surface area contributed by atoms with Crippen molar-refractivity contribution in [1.82, 2.24) is 0 Å². The summed E-state index contributed by atoms with van der Waals surface area (Å²) in [6.45, 7) is 9.67. The number of morpholine rings is 1. The van der Waals surface area contributed by atoms with Crippen molar-refractivity contribution in [3.8, 4) is 5.75 Å². The molecule has 0 radical (unpaired) electrons. The number of ether oxygens (including phenoxy) is 2. The molecule has 2 aromatic rings. The summed E-state index contributed by atoms with van der Waals surface area (Å²) < 4.78 is 12.0. The molecule has 28 heavy (non-hydrogen) atoms. The van der Waals surface area contributed by atoms with Crippen molar-refractivity contribution in [3.05, 3.63) is 52.5 Å². The minimum Gasteiger partial charge on any atom is -0.484 e. The highest BCUT2D eigenvalue weighted by Crippen LogP contribution is 2.30. The number of nitrogens with one attached hydrogen (secondary N) is 1. The Morgan fingerprint density at radius 2 is 1.82 bits per heavy atom. The van der Waals surface area contributed by atoms with E-state index in [-0.39, 0.29) is 17.9 Å². The van der Waals surface area contributed by atoms with Gasteiger partial charge >= 0.3 is 0 Å². The number of carbonyl (C=O) groups excluding carboxylic acids is 1. The fraction of sp³-hybridized carbons (Fsp3) is 0.409. The first-order chi connectivity index (χ1) is 13.3. The predicted octanol–water partition coefficient (Wildman–Crippen LogP) is 4.60. The van der Waals surface area contributed by atoms with Crippen LogP contribution >= 0.6 is 15.9 Å². The highest BCUT2D eigenvalue weighted by molar-refractivity contribution is 9.10. The van der Waals surface area contributed by atoms with E-state index in [9.17, 15) is 4.79 Å². The average Bonchev–Trinajstić information content (AvgIpc) is 2.67. The van der Waals surface area contributed by atoms with Crippen LogP contribution in [0.2, 0.25) is 0 Å². The zero-order chi connectivity index (χ0) is 20.1. The number of halogens is 1. The van der Waals surface area contributed by atoms with Crippen LogP contribution in [0, 0.1) is 0 Å². The van der Waals surface area contributed by atoms with Crippen LogP contribution in [0.4, 0.5) is 11.4 Å². The Balaban J connectivity index is 1.54. The smallest absolute Gasteiger partial charge is 0.262 e. The molecule has 1 aliphatic heterocycles.